The molecule has 2 heterocycles. The summed E-state index contributed by atoms with van der Waals surface area (Å²) < 4.78 is 5.92. The number of para-hydroxylation sites is 2. The minimum absolute atomic E-state index is 0.0713. The van der Waals surface area contributed by atoms with Gasteiger partial charge < -0.3 is 15.0 Å². The van der Waals surface area contributed by atoms with E-state index < -0.39 is 0 Å². The highest BCUT2D eigenvalue weighted by Crippen LogP contribution is 2.40. The van der Waals surface area contributed by atoms with E-state index in [2.05, 4.69) is 29.4 Å². The fraction of sp³-hybridized carbons (Fsp3) is 0.286. The standard InChI is InChI=1S/C21H22N2O2/c1-13-14(2)25-20-16(13)7-5-8-18(20)21(24)22-11-10-15-12-23-19-9-4-3-6-17(15)19/h3-9,12-14,23H,10-11H2,1-2H3,(H,22,24)/t13-,14-/m0/s1. The minimum Gasteiger partial charge on any atom is -0.489 e. The second-order valence-corrected chi connectivity index (χ2v) is 6.70. The van der Waals surface area contributed by atoms with Gasteiger partial charge in [0.15, 0.2) is 0 Å². The number of ether oxygens (including phenoxy) is 1. The van der Waals surface area contributed by atoms with Crippen molar-refractivity contribution in [2.24, 2.45) is 0 Å². The fourth-order valence-electron chi connectivity index (χ4n) is 3.51. The Morgan fingerprint density at radius 2 is 2.00 bits per heavy atom. The molecule has 4 nitrogen and oxygen atoms in total. The van der Waals surface area contributed by atoms with Crippen LogP contribution in [0.15, 0.2) is 48.7 Å². The molecule has 1 aliphatic heterocycles. The third kappa shape index (κ3) is 2.78. The van der Waals surface area contributed by atoms with E-state index in [1.54, 1.807) is 0 Å². The quantitative estimate of drug-likeness (QED) is 0.757. The first-order chi connectivity index (χ1) is 12.1. The summed E-state index contributed by atoms with van der Waals surface area (Å²) in [5.74, 6) is 0.985. The van der Waals surface area contributed by atoms with Gasteiger partial charge in [0, 0.05) is 35.1 Å². The predicted octanol–water partition coefficient (Wildman–Crippen LogP) is 4.02. The number of carbonyl (C=O) groups is 1. The lowest BCUT2D eigenvalue weighted by Gasteiger charge is -2.10. The summed E-state index contributed by atoms with van der Waals surface area (Å²) in [7, 11) is 0. The first-order valence-corrected chi connectivity index (χ1v) is 8.78. The first kappa shape index (κ1) is 15.8. The molecule has 2 aromatic carbocycles. The zero-order chi connectivity index (χ0) is 17.4. The topological polar surface area (TPSA) is 54.1 Å². The molecule has 0 saturated carbocycles. The Hall–Kier alpha value is -2.75. The number of rotatable bonds is 4. The van der Waals surface area contributed by atoms with Crippen molar-refractivity contribution >= 4 is 16.8 Å². The number of aromatic amines is 1. The van der Waals surface area contributed by atoms with Gasteiger partial charge in [-0.05, 0) is 31.0 Å². The van der Waals surface area contributed by atoms with Crippen molar-refractivity contribution in [1.29, 1.82) is 0 Å². The van der Waals surface area contributed by atoms with E-state index >= 15 is 0 Å². The van der Waals surface area contributed by atoms with Gasteiger partial charge in [-0.3, -0.25) is 4.79 Å². The third-order valence-electron chi connectivity index (χ3n) is 5.14. The molecule has 3 aromatic rings. The molecular formula is C21H22N2O2. The summed E-state index contributed by atoms with van der Waals surface area (Å²) in [4.78, 5) is 15.9. The lowest BCUT2D eigenvalue weighted by Crippen LogP contribution is -2.26. The van der Waals surface area contributed by atoms with Crippen molar-refractivity contribution in [2.45, 2.75) is 32.3 Å². The molecule has 2 atom stereocenters. The number of amides is 1. The largest absolute Gasteiger partial charge is 0.489 e. The van der Waals surface area contributed by atoms with Crippen LogP contribution in [0.1, 0.15) is 41.3 Å². The number of benzene rings is 2. The van der Waals surface area contributed by atoms with Crippen molar-refractivity contribution in [3.05, 3.63) is 65.4 Å². The summed E-state index contributed by atoms with van der Waals surface area (Å²) in [5, 5.41) is 4.24. The molecule has 4 rings (SSSR count). The van der Waals surface area contributed by atoms with E-state index in [-0.39, 0.29) is 12.0 Å². The maximum atomic E-state index is 12.6. The van der Waals surface area contributed by atoms with Gasteiger partial charge in [-0.1, -0.05) is 37.3 Å². The van der Waals surface area contributed by atoms with E-state index in [4.69, 9.17) is 4.74 Å². The smallest absolute Gasteiger partial charge is 0.255 e. The van der Waals surface area contributed by atoms with Crippen molar-refractivity contribution in [1.82, 2.24) is 10.3 Å². The maximum Gasteiger partial charge on any atom is 0.255 e. The summed E-state index contributed by atoms with van der Waals surface area (Å²) >= 11 is 0. The van der Waals surface area contributed by atoms with E-state index in [0.717, 1.165) is 23.3 Å². The van der Waals surface area contributed by atoms with Gasteiger partial charge in [-0.15, -0.1) is 0 Å². The van der Waals surface area contributed by atoms with Crippen molar-refractivity contribution in [3.63, 3.8) is 0 Å². The molecule has 0 aliphatic carbocycles. The van der Waals surface area contributed by atoms with Gasteiger partial charge >= 0.3 is 0 Å². The highest BCUT2D eigenvalue weighted by atomic mass is 16.5. The van der Waals surface area contributed by atoms with Gasteiger partial charge in [0.05, 0.1) is 5.56 Å². The summed E-state index contributed by atoms with van der Waals surface area (Å²) in [5.41, 5.74) is 4.10. The number of H-pyrrole nitrogens is 1. The molecule has 0 fully saturated rings. The van der Waals surface area contributed by atoms with Crippen molar-refractivity contribution < 1.29 is 9.53 Å². The third-order valence-corrected chi connectivity index (χ3v) is 5.14. The molecular weight excluding hydrogens is 312 g/mol. The fourth-order valence-corrected chi connectivity index (χ4v) is 3.51. The zero-order valence-corrected chi connectivity index (χ0v) is 14.5. The molecule has 0 saturated heterocycles. The molecule has 25 heavy (non-hydrogen) atoms. The summed E-state index contributed by atoms with van der Waals surface area (Å²) in [6, 6.07) is 14.0. The molecule has 0 radical (unpaired) electrons. The Morgan fingerprint density at radius 1 is 1.16 bits per heavy atom. The number of fused-ring (bicyclic) bond motifs is 2. The average Bonchev–Trinajstić information content (AvgIpc) is 3.16. The molecule has 0 spiro atoms. The second-order valence-electron chi connectivity index (χ2n) is 6.70. The van der Waals surface area contributed by atoms with Crippen LogP contribution < -0.4 is 10.1 Å². The van der Waals surface area contributed by atoms with E-state index in [9.17, 15) is 4.79 Å². The van der Waals surface area contributed by atoms with Crippen LogP contribution in [0.3, 0.4) is 0 Å². The zero-order valence-electron chi connectivity index (χ0n) is 14.5. The molecule has 1 aromatic heterocycles. The first-order valence-electron chi connectivity index (χ1n) is 8.78. The van der Waals surface area contributed by atoms with Crippen LogP contribution in [0.4, 0.5) is 0 Å². The lowest BCUT2D eigenvalue weighted by atomic mass is 9.97. The van der Waals surface area contributed by atoms with E-state index in [1.165, 1.54) is 10.9 Å². The van der Waals surface area contributed by atoms with Gasteiger partial charge in [0.2, 0.25) is 0 Å². The van der Waals surface area contributed by atoms with Crippen LogP contribution >= 0.6 is 0 Å². The van der Waals surface area contributed by atoms with Crippen LogP contribution in [0.5, 0.6) is 5.75 Å². The van der Waals surface area contributed by atoms with Gasteiger partial charge in [-0.25, -0.2) is 0 Å². The maximum absolute atomic E-state index is 12.6. The highest BCUT2D eigenvalue weighted by molar-refractivity contribution is 5.97. The SMILES string of the molecule is C[C@@H]1Oc2c(C(=O)NCCc3c[nH]c4ccccc34)cccc2[C@H]1C. The Labute approximate surface area is 147 Å². The van der Waals surface area contributed by atoms with Gasteiger partial charge in [0.1, 0.15) is 11.9 Å². The highest BCUT2D eigenvalue weighted by Gasteiger charge is 2.30. The Bertz CT molecular complexity index is 929. The number of hydrogen-bond acceptors (Lipinski definition) is 2. The molecule has 1 aliphatic rings. The summed E-state index contributed by atoms with van der Waals surface area (Å²) in [6.07, 6.45) is 2.91. The number of hydrogen-bond donors (Lipinski definition) is 2. The molecule has 0 bridgehead atoms. The monoisotopic (exact) mass is 334 g/mol. The van der Waals surface area contributed by atoms with Crippen molar-refractivity contribution in [3.8, 4) is 5.75 Å². The lowest BCUT2D eigenvalue weighted by molar-refractivity contribution is 0.0949. The molecule has 128 valence electrons. The number of nitrogens with one attached hydrogen (secondary N) is 2. The van der Waals surface area contributed by atoms with Crippen LogP contribution in [0.25, 0.3) is 10.9 Å². The van der Waals surface area contributed by atoms with Crippen LogP contribution in [0.2, 0.25) is 0 Å². The normalized spacial score (nSPS) is 18.8. The Balaban J connectivity index is 1.45. The van der Waals surface area contributed by atoms with Crippen LogP contribution in [-0.2, 0) is 6.42 Å². The second kappa shape index (κ2) is 6.28. The van der Waals surface area contributed by atoms with E-state index in [0.29, 0.717) is 18.0 Å². The van der Waals surface area contributed by atoms with Crippen molar-refractivity contribution in [2.75, 3.05) is 6.54 Å². The Kier molecular flexibility index (Phi) is 3.96. The Morgan fingerprint density at radius 3 is 2.88 bits per heavy atom. The van der Waals surface area contributed by atoms with Gasteiger partial charge in [0.25, 0.3) is 5.91 Å². The predicted molar refractivity (Wildman–Crippen MR) is 99.3 cm³/mol. The van der Waals surface area contributed by atoms with E-state index in [1.807, 2.05) is 43.5 Å². The number of carbonyl (C=O) groups excluding carboxylic acids is 1. The molecule has 0 unspecified atom stereocenters. The molecule has 4 heteroatoms. The minimum atomic E-state index is -0.0713. The van der Waals surface area contributed by atoms with Crippen LogP contribution in [0, 0.1) is 0 Å². The van der Waals surface area contributed by atoms with Crippen LogP contribution in [-0.4, -0.2) is 23.5 Å². The molecule has 2 N–H and O–H groups in total. The van der Waals surface area contributed by atoms with Gasteiger partial charge in [-0.2, -0.15) is 0 Å². The number of aromatic nitrogens is 1. The summed E-state index contributed by atoms with van der Waals surface area (Å²) in [6.45, 7) is 4.77. The molecule has 1 amide bonds. The average molecular weight is 334 g/mol.